The molecule has 2 rings (SSSR count). The van der Waals surface area contributed by atoms with Crippen molar-refractivity contribution in [3.63, 3.8) is 0 Å². The highest BCUT2D eigenvalue weighted by atomic mass is 32.1. The Morgan fingerprint density at radius 1 is 1.57 bits per heavy atom. The van der Waals surface area contributed by atoms with E-state index in [0.717, 1.165) is 27.7 Å². The van der Waals surface area contributed by atoms with E-state index >= 15 is 0 Å². The van der Waals surface area contributed by atoms with Crippen LogP contribution in [0.1, 0.15) is 16.4 Å². The van der Waals surface area contributed by atoms with Crippen molar-refractivity contribution >= 4 is 23.6 Å². The van der Waals surface area contributed by atoms with E-state index < -0.39 is 0 Å². The Kier molecular flexibility index (Phi) is 2.52. The summed E-state index contributed by atoms with van der Waals surface area (Å²) in [5.74, 6) is 0. The van der Waals surface area contributed by atoms with Gasteiger partial charge in [0.1, 0.15) is 0 Å². The van der Waals surface area contributed by atoms with Crippen molar-refractivity contribution in [2.24, 2.45) is 0 Å². The number of nitrogens with zero attached hydrogens (tertiary/aromatic N) is 2. The largest absolute Gasteiger partial charge is 0.337 e. The van der Waals surface area contributed by atoms with Crippen molar-refractivity contribution in [3.8, 4) is 0 Å². The fourth-order valence-corrected chi connectivity index (χ4v) is 2.19. The highest BCUT2D eigenvalue weighted by molar-refractivity contribution is 7.71. The van der Waals surface area contributed by atoms with Crippen LogP contribution in [0.25, 0.3) is 0 Å². The predicted molar refractivity (Wildman–Crippen MR) is 60.3 cm³/mol. The monoisotopic (exact) mass is 225 g/mol. The van der Waals surface area contributed by atoms with Gasteiger partial charge in [0, 0.05) is 17.3 Å². The van der Waals surface area contributed by atoms with Crippen molar-refractivity contribution in [2.45, 2.75) is 20.4 Å². The molecule has 0 saturated carbocycles. The van der Waals surface area contributed by atoms with Crippen LogP contribution in [-0.2, 0) is 6.54 Å². The molecule has 0 atom stereocenters. The van der Waals surface area contributed by atoms with Gasteiger partial charge < -0.3 is 9.55 Å². The Hall–Kier alpha value is -0.940. The van der Waals surface area contributed by atoms with Gasteiger partial charge in [-0.25, -0.2) is 4.98 Å². The Bertz CT molecular complexity index is 492. The summed E-state index contributed by atoms with van der Waals surface area (Å²) >= 11 is 6.83. The summed E-state index contributed by atoms with van der Waals surface area (Å²) in [7, 11) is 0. The van der Waals surface area contributed by atoms with Gasteiger partial charge >= 0.3 is 0 Å². The molecule has 0 saturated heterocycles. The first-order valence-corrected chi connectivity index (χ1v) is 5.61. The molecular formula is C9H11N3S2. The van der Waals surface area contributed by atoms with Gasteiger partial charge in [-0.3, -0.25) is 0 Å². The summed E-state index contributed by atoms with van der Waals surface area (Å²) in [6, 6.07) is 0. The third kappa shape index (κ3) is 1.78. The summed E-state index contributed by atoms with van der Waals surface area (Å²) in [6.45, 7) is 4.81. The van der Waals surface area contributed by atoms with Crippen molar-refractivity contribution in [1.29, 1.82) is 0 Å². The lowest BCUT2D eigenvalue weighted by Crippen LogP contribution is -2.01. The number of aromatic amines is 1. The normalized spacial score (nSPS) is 10.7. The van der Waals surface area contributed by atoms with Gasteiger partial charge in [-0.2, -0.15) is 0 Å². The molecule has 2 heterocycles. The molecule has 0 aliphatic rings. The zero-order chi connectivity index (χ0) is 10.1. The molecule has 0 amide bonds. The summed E-state index contributed by atoms with van der Waals surface area (Å²) in [5.41, 5.74) is 2.21. The Morgan fingerprint density at radius 3 is 2.86 bits per heavy atom. The van der Waals surface area contributed by atoms with Crippen LogP contribution in [0.4, 0.5) is 0 Å². The number of aromatic nitrogens is 3. The number of thiazole rings is 1. The Balaban J connectivity index is 2.31. The van der Waals surface area contributed by atoms with Crippen molar-refractivity contribution in [2.75, 3.05) is 0 Å². The first kappa shape index (κ1) is 9.61. The van der Waals surface area contributed by atoms with Gasteiger partial charge in [0.25, 0.3) is 0 Å². The van der Waals surface area contributed by atoms with Crippen molar-refractivity contribution in [3.05, 3.63) is 32.7 Å². The maximum absolute atomic E-state index is 5.16. The molecule has 14 heavy (non-hydrogen) atoms. The summed E-state index contributed by atoms with van der Waals surface area (Å²) in [4.78, 5) is 7.42. The van der Waals surface area contributed by atoms with Crippen molar-refractivity contribution in [1.82, 2.24) is 14.5 Å². The highest BCUT2D eigenvalue weighted by Crippen LogP contribution is 2.11. The number of H-pyrrole nitrogens is 1. The number of rotatable bonds is 2. The smallest absolute Gasteiger partial charge is 0.177 e. The number of imidazole rings is 1. The van der Waals surface area contributed by atoms with E-state index in [2.05, 4.69) is 15.3 Å². The minimum absolute atomic E-state index is 0.758. The molecule has 1 N–H and O–H groups in total. The van der Waals surface area contributed by atoms with E-state index in [4.69, 9.17) is 12.2 Å². The fourth-order valence-electron chi connectivity index (χ4n) is 1.32. The third-order valence-electron chi connectivity index (χ3n) is 2.06. The lowest BCUT2D eigenvalue weighted by atomic mass is 10.4. The van der Waals surface area contributed by atoms with Crippen LogP contribution < -0.4 is 0 Å². The minimum atomic E-state index is 0.758. The second-order valence-corrected chi connectivity index (χ2v) is 4.63. The molecule has 2 aromatic heterocycles. The first-order chi connectivity index (χ1) is 6.66. The lowest BCUT2D eigenvalue weighted by molar-refractivity contribution is 0.741. The van der Waals surface area contributed by atoms with Crippen molar-refractivity contribution < 1.29 is 0 Å². The van der Waals surface area contributed by atoms with Gasteiger partial charge in [0.05, 0.1) is 17.2 Å². The van der Waals surface area contributed by atoms with Crippen LogP contribution in [0.15, 0.2) is 11.6 Å². The van der Waals surface area contributed by atoms with Crippen LogP contribution in [0.3, 0.4) is 0 Å². The molecule has 0 aliphatic carbocycles. The summed E-state index contributed by atoms with van der Waals surface area (Å²) < 4.78 is 2.80. The zero-order valence-electron chi connectivity index (χ0n) is 8.07. The summed E-state index contributed by atoms with van der Waals surface area (Å²) in [5, 5.41) is 3.17. The molecule has 0 radical (unpaired) electrons. The van der Waals surface area contributed by atoms with Crippen LogP contribution in [0, 0.1) is 18.6 Å². The lowest BCUT2D eigenvalue weighted by Gasteiger charge is -2.01. The molecule has 3 nitrogen and oxygen atoms in total. The molecule has 0 fully saturated rings. The average molecular weight is 225 g/mol. The Labute approximate surface area is 91.4 Å². The van der Waals surface area contributed by atoms with Gasteiger partial charge in [0.15, 0.2) is 4.77 Å². The van der Waals surface area contributed by atoms with E-state index in [9.17, 15) is 0 Å². The number of hydrogen-bond acceptors (Lipinski definition) is 3. The summed E-state index contributed by atoms with van der Waals surface area (Å²) in [6.07, 6.45) is 1.92. The van der Waals surface area contributed by atoms with Gasteiger partial charge in [0.2, 0.25) is 0 Å². The molecule has 74 valence electrons. The van der Waals surface area contributed by atoms with E-state index in [0.29, 0.717) is 0 Å². The zero-order valence-corrected chi connectivity index (χ0v) is 9.71. The van der Waals surface area contributed by atoms with E-state index in [1.165, 1.54) is 0 Å². The number of nitrogens with one attached hydrogen (secondary N) is 1. The van der Waals surface area contributed by atoms with Crippen LogP contribution in [0.2, 0.25) is 0 Å². The average Bonchev–Trinajstić information content (AvgIpc) is 2.67. The molecule has 0 spiro atoms. The number of aryl methyl sites for hydroxylation is 2. The molecule has 0 unspecified atom stereocenters. The topological polar surface area (TPSA) is 33.6 Å². The predicted octanol–water partition coefficient (Wildman–Crippen LogP) is 2.67. The molecular weight excluding hydrogens is 214 g/mol. The van der Waals surface area contributed by atoms with Crippen LogP contribution >= 0.6 is 23.6 Å². The molecule has 5 heteroatoms. The first-order valence-electron chi connectivity index (χ1n) is 4.32. The Morgan fingerprint density at radius 2 is 2.36 bits per heavy atom. The van der Waals surface area contributed by atoms with Gasteiger partial charge in [-0.1, -0.05) is 0 Å². The quantitative estimate of drug-likeness (QED) is 0.797. The second-order valence-electron chi connectivity index (χ2n) is 3.18. The number of hydrogen-bond donors (Lipinski definition) is 1. The van der Waals surface area contributed by atoms with Gasteiger partial charge in [-0.15, -0.1) is 11.3 Å². The van der Waals surface area contributed by atoms with Gasteiger partial charge in [-0.05, 0) is 26.1 Å². The van der Waals surface area contributed by atoms with Crippen LogP contribution in [0.5, 0.6) is 0 Å². The SMILES string of the molecule is Cc1nc(Cn2c(C)c[nH]c2=S)cs1. The molecule has 0 bridgehead atoms. The van der Waals surface area contributed by atoms with Crippen LogP contribution in [-0.4, -0.2) is 14.5 Å². The van der Waals surface area contributed by atoms with E-state index in [1.54, 1.807) is 11.3 Å². The van der Waals surface area contributed by atoms with E-state index in [1.807, 2.05) is 24.6 Å². The third-order valence-corrected chi connectivity index (χ3v) is 3.22. The minimum Gasteiger partial charge on any atom is -0.337 e. The standard InChI is InChI=1S/C9H11N3S2/c1-6-3-10-9(13)12(6)4-8-5-14-7(2)11-8/h3,5H,4H2,1-2H3,(H,10,13). The second kappa shape index (κ2) is 3.67. The highest BCUT2D eigenvalue weighted by Gasteiger charge is 2.03. The molecule has 2 aromatic rings. The maximum Gasteiger partial charge on any atom is 0.177 e. The van der Waals surface area contributed by atoms with E-state index in [-0.39, 0.29) is 0 Å². The molecule has 0 aliphatic heterocycles. The molecule has 0 aromatic carbocycles. The fraction of sp³-hybridized carbons (Fsp3) is 0.333. The maximum atomic E-state index is 5.16.